The van der Waals surface area contributed by atoms with E-state index in [0.29, 0.717) is 5.02 Å². The van der Waals surface area contributed by atoms with Crippen molar-refractivity contribution in [2.24, 2.45) is 5.92 Å². The van der Waals surface area contributed by atoms with Gasteiger partial charge in [-0.2, -0.15) is 0 Å². The normalized spacial score (nSPS) is 16.1. The molecule has 4 nitrogen and oxygen atoms in total. The van der Waals surface area contributed by atoms with Crippen LogP contribution in [0.2, 0.25) is 10.0 Å². The molecule has 1 fully saturated rings. The number of carbonyl (C=O) groups excluding carboxylic acids is 1. The van der Waals surface area contributed by atoms with Crippen molar-refractivity contribution < 1.29 is 14.7 Å². The van der Waals surface area contributed by atoms with Crippen molar-refractivity contribution in [2.45, 2.75) is 18.9 Å². The highest BCUT2D eigenvalue weighted by Crippen LogP contribution is 2.33. The minimum Gasteiger partial charge on any atom is -0.480 e. The molecular formula is C12H11Cl2NO3. The lowest BCUT2D eigenvalue weighted by Crippen LogP contribution is -2.42. The van der Waals surface area contributed by atoms with E-state index < -0.39 is 17.9 Å². The molecule has 0 saturated heterocycles. The van der Waals surface area contributed by atoms with Crippen molar-refractivity contribution in [1.29, 1.82) is 0 Å². The van der Waals surface area contributed by atoms with E-state index in [1.54, 1.807) is 6.07 Å². The number of amides is 1. The molecule has 0 radical (unpaired) electrons. The number of nitrogens with one attached hydrogen (secondary N) is 1. The summed E-state index contributed by atoms with van der Waals surface area (Å²) < 4.78 is 0. The monoisotopic (exact) mass is 287 g/mol. The summed E-state index contributed by atoms with van der Waals surface area (Å²) in [5.74, 6) is -1.52. The van der Waals surface area contributed by atoms with E-state index >= 15 is 0 Å². The van der Waals surface area contributed by atoms with Crippen LogP contribution in [0.25, 0.3) is 0 Å². The minimum atomic E-state index is -1.02. The van der Waals surface area contributed by atoms with Crippen LogP contribution in [0.5, 0.6) is 0 Å². The molecule has 6 heteroatoms. The zero-order valence-electron chi connectivity index (χ0n) is 9.32. The molecule has 1 amide bonds. The molecule has 1 atom stereocenters. The third kappa shape index (κ3) is 2.94. The maximum Gasteiger partial charge on any atom is 0.326 e. The van der Waals surface area contributed by atoms with Gasteiger partial charge in [0.05, 0.1) is 10.6 Å². The summed E-state index contributed by atoms with van der Waals surface area (Å²) in [6.07, 6.45) is 1.64. The largest absolute Gasteiger partial charge is 0.480 e. The summed E-state index contributed by atoms with van der Waals surface area (Å²) in [6, 6.07) is 3.64. The van der Waals surface area contributed by atoms with Crippen LogP contribution in [-0.2, 0) is 4.79 Å². The third-order valence-corrected chi connectivity index (χ3v) is 3.38. The van der Waals surface area contributed by atoms with Crippen molar-refractivity contribution in [3.8, 4) is 0 Å². The number of rotatable bonds is 4. The first kappa shape index (κ1) is 13.2. The maximum atomic E-state index is 11.9. The molecule has 2 N–H and O–H groups in total. The summed E-state index contributed by atoms with van der Waals surface area (Å²) in [5, 5.41) is 12.1. The van der Waals surface area contributed by atoms with Gasteiger partial charge in [0.2, 0.25) is 0 Å². The number of aliphatic carboxylic acids is 1. The Morgan fingerprint density at radius 2 is 2.00 bits per heavy atom. The zero-order chi connectivity index (χ0) is 13.3. The Kier molecular flexibility index (Phi) is 3.78. The van der Waals surface area contributed by atoms with Gasteiger partial charge in [-0.25, -0.2) is 4.79 Å². The number of carboxylic acid groups (broad SMARTS) is 1. The molecule has 1 aliphatic carbocycles. The molecule has 0 bridgehead atoms. The molecular weight excluding hydrogens is 277 g/mol. The summed E-state index contributed by atoms with van der Waals surface area (Å²) in [6.45, 7) is 0. The Balaban J connectivity index is 2.15. The Bertz CT molecular complexity index is 500. The fourth-order valence-corrected chi connectivity index (χ4v) is 2.08. The van der Waals surface area contributed by atoms with E-state index in [0.717, 1.165) is 12.8 Å². The molecule has 1 aliphatic rings. The smallest absolute Gasteiger partial charge is 0.326 e. The molecule has 1 unspecified atom stereocenters. The van der Waals surface area contributed by atoms with Crippen LogP contribution in [0.1, 0.15) is 23.2 Å². The minimum absolute atomic E-state index is 0.0180. The molecule has 0 aromatic heterocycles. The quantitative estimate of drug-likeness (QED) is 0.895. The SMILES string of the molecule is O=C(NC(C(=O)O)C1CC1)c1cc(Cl)ccc1Cl. The van der Waals surface area contributed by atoms with Crippen LogP contribution >= 0.6 is 23.2 Å². The van der Waals surface area contributed by atoms with Crippen LogP contribution in [0, 0.1) is 5.92 Å². The van der Waals surface area contributed by atoms with Gasteiger partial charge in [0, 0.05) is 5.02 Å². The topological polar surface area (TPSA) is 66.4 Å². The van der Waals surface area contributed by atoms with Crippen LogP contribution in [-0.4, -0.2) is 23.0 Å². The summed E-state index contributed by atoms with van der Waals surface area (Å²) in [4.78, 5) is 23.0. The number of hydrogen-bond acceptors (Lipinski definition) is 2. The van der Waals surface area contributed by atoms with Crippen molar-refractivity contribution >= 4 is 35.1 Å². The van der Waals surface area contributed by atoms with E-state index in [4.69, 9.17) is 28.3 Å². The van der Waals surface area contributed by atoms with Crippen molar-refractivity contribution in [2.75, 3.05) is 0 Å². The number of benzene rings is 1. The number of halogens is 2. The van der Waals surface area contributed by atoms with Gasteiger partial charge in [-0.05, 0) is 37.0 Å². The molecule has 1 aromatic carbocycles. The first-order valence-corrected chi connectivity index (χ1v) is 6.23. The van der Waals surface area contributed by atoms with Crippen molar-refractivity contribution in [3.05, 3.63) is 33.8 Å². The predicted octanol–water partition coefficient (Wildman–Crippen LogP) is 2.59. The fourth-order valence-electron chi connectivity index (χ4n) is 1.70. The van der Waals surface area contributed by atoms with Crippen LogP contribution < -0.4 is 5.32 Å². The van der Waals surface area contributed by atoms with Gasteiger partial charge >= 0.3 is 5.97 Å². The standard InChI is InChI=1S/C12H11Cl2NO3/c13-7-3-4-9(14)8(5-7)11(16)15-10(12(17)18)6-1-2-6/h3-6,10H,1-2H2,(H,15,16)(H,17,18). The molecule has 0 spiro atoms. The van der Waals surface area contributed by atoms with Crippen molar-refractivity contribution in [1.82, 2.24) is 5.32 Å². The van der Waals surface area contributed by atoms with Gasteiger partial charge in [0.1, 0.15) is 6.04 Å². The highest BCUT2D eigenvalue weighted by Gasteiger charge is 2.37. The second kappa shape index (κ2) is 5.16. The van der Waals surface area contributed by atoms with E-state index in [2.05, 4.69) is 5.32 Å². The summed E-state index contributed by atoms with van der Waals surface area (Å²) in [7, 11) is 0. The van der Waals surface area contributed by atoms with Gasteiger partial charge in [0.25, 0.3) is 5.91 Å². The van der Waals surface area contributed by atoms with Gasteiger partial charge in [-0.1, -0.05) is 23.2 Å². The fraction of sp³-hybridized carbons (Fsp3) is 0.333. The Morgan fingerprint density at radius 3 is 2.56 bits per heavy atom. The summed E-state index contributed by atoms with van der Waals surface area (Å²) >= 11 is 11.7. The second-order valence-electron chi connectivity index (χ2n) is 4.25. The van der Waals surface area contributed by atoms with Crippen molar-refractivity contribution in [3.63, 3.8) is 0 Å². The first-order valence-electron chi connectivity index (χ1n) is 5.48. The molecule has 18 heavy (non-hydrogen) atoms. The van der Waals surface area contributed by atoms with Gasteiger partial charge < -0.3 is 10.4 Å². The Labute approximate surface area is 114 Å². The van der Waals surface area contributed by atoms with E-state index in [1.165, 1.54) is 12.1 Å². The van der Waals surface area contributed by atoms with E-state index in [1.807, 2.05) is 0 Å². The number of carbonyl (C=O) groups is 2. The molecule has 96 valence electrons. The third-order valence-electron chi connectivity index (χ3n) is 2.82. The number of hydrogen-bond donors (Lipinski definition) is 2. The lowest BCUT2D eigenvalue weighted by atomic mass is 10.1. The van der Waals surface area contributed by atoms with Gasteiger partial charge in [-0.15, -0.1) is 0 Å². The molecule has 2 rings (SSSR count). The van der Waals surface area contributed by atoms with E-state index in [9.17, 15) is 9.59 Å². The number of carboxylic acids is 1. The predicted molar refractivity (Wildman–Crippen MR) is 68.1 cm³/mol. The van der Waals surface area contributed by atoms with Crippen LogP contribution in [0.3, 0.4) is 0 Å². The summed E-state index contributed by atoms with van der Waals surface area (Å²) in [5.41, 5.74) is 0.191. The lowest BCUT2D eigenvalue weighted by molar-refractivity contribution is -0.139. The van der Waals surface area contributed by atoms with Crippen LogP contribution in [0.15, 0.2) is 18.2 Å². The molecule has 0 aliphatic heterocycles. The highest BCUT2D eigenvalue weighted by molar-refractivity contribution is 6.35. The molecule has 1 saturated carbocycles. The maximum absolute atomic E-state index is 11.9. The average molecular weight is 288 g/mol. The lowest BCUT2D eigenvalue weighted by Gasteiger charge is -2.14. The highest BCUT2D eigenvalue weighted by atomic mass is 35.5. The van der Waals surface area contributed by atoms with Gasteiger partial charge in [0.15, 0.2) is 0 Å². The first-order chi connectivity index (χ1) is 8.49. The molecule has 1 aromatic rings. The Morgan fingerprint density at radius 1 is 1.33 bits per heavy atom. The Hall–Kier alpha value is -1.26. The second-order valence-corrected chi connectivity index (χ2v) is 5.09. The van der Waals surface area contributed by atoms with Crippen LogP contribution in [0.4, 0.5) is 0 Å². The average Bonchev–Trinajstić information content (AvgIpc) is 3.12. The zero-order valence-corrected chi connectivity index (χ0v) is 10.8. The van der Waals surface area contributed by atoms with E-state index in [-0.39, 0.29) is 16.5 Å². The van der Waals surface area contributed by atoms with Gasteiger partial charge in [-0.3, -0.25) is 4.79 Å². The molecule has 0 heterocycles.